The number of hydrogen-bond donors (Lipinski definition) is 0. The fourth-order valence-electron chi connectivity index (χ4n) is 9.98. The number of carbonyl (C=O) groups is 4. The molecule has 3 aliphatic carbocycles. The molecule has 9 nitrogen and oxygen atoms in total. The van der Waals surface area contributed by atoms with E-state index in [1.807, 2.05) is 20.8 Å². The summed E-state index contributed by atoms with van der Waals surface area (Å²) in [5.41, 5.74) is -3.78. The minimum absolute atomic E-state index is 0.0891. The Morgan fingerprint density at radius 1 is 0.915 bits per heavy atom. The molecule has 2 heterocycles. The van der Waals surface area contributed by atoms with Crippen LogP contribution in [-0.4, -0.2) is 80.8 Å². The Hall–Kier alpha value is -1.48. The van der Waals surface area contributed by atoms with Crippen LogP contribution in [0.5, 0.6) is 0 Å². The maximum Gasteiger partial charge on any atom is 0.509 e. The largest absolute Gasteiger partial charge is 0.509 e. The van der Waals surface area contributed by atoms with Crippen molar-refractivity contribution >= 4 is 52.1 Å². The van der Waals surface area contributed by atoms with Crippen LogP contribution in [0.15, 0.2) is 11.1 Å². The van der Waals surface area contributed by atoms with E-state index in [-0.39, 0.29) is 23.2 Å². The van der Waals surface area contributed by atoms with E-state index in [2.05, 4.69) is 41.5 Å². The summed E-state index contributed by atoms with van der Waals surface area (Å²) in [6.45, 7) is 21.9. The fraction of sp³-hybridized carbons (Fsp3) is 0.829. The minimum atomic E-state index is -2.47. The van der Waals surface area contributed by atoms with Crippen LogP contribution in [0.1, 0.15) is 89.0 Å². The number of allylic oxidation sites excluding steroid dienone is 1. The van der Waals surface area contributed by atoms with Crippen molar-refractivity contribution in [2.75, 3.05) is 5.75 Å². The molecular weight excluding hydrogens is 653 g/mol. The molecule has 2 saturated heterocycles. The summed E-state index contributed by atoms with van der Waals surface area (Å²) in [4.78, 5) is 56.5. The lowest BCUT2D eigenvalue weighted by atomic mass is 9.46. The Kier molecular flexibility index (Phi) is 9.70. The van der Waals surface area contributed by atoms with Crippen molar-refractivity contribution in [3.63, 3.8) is 0 Å². The van der Waals surface area contributed by atoms with Crippen LogP contribution >= 0.6 is 11.8 Å². The quantitative estimate of drug-likeness (QED) is 0.159. The molecule has 47 heavy (non-hydrogen) atoms. The lowest BCUT2D eigenvalue weighted by Crippen LogP contribution is -2.79. The van der Waals surface area contributed by atoms with Crippen LogP contribution in [0.25, 0.3) is 0 Å². The zero-order valence-corrected chi connectivity index (χ0v) is 33.1. The lowest BCUT2D eigenvalue weighted by molar-refractivity contribution is -0.228. The SMILES string of the molecule is CC[Si](CC)(CC)O[C@H]1C(=O)[C@]2(C)[C@@H](O[Si](CC)(CC)CC)C[C@H]3SC[C@@]3(OC(C)=O)[C@H]2[C@@H]2OC(=O)O[C@]23CC(=O)C(C)=C1C3(C)C. The third-order valence-corrected chi connectivity index (χ3v) is 24.4. The first-order chi connectivity index (χ1) is 22.0. The van der Waals surface area contributed by atoms with Gasteiger partial charge in [-0.05, 0) is 67.7 Å². The number of carbonyl (C=O) groups excluding carboxylic acids is 4. The number of esters is 1. The highest BCUT2D eigenvalue weighted by Crippen LogP contribution is 2.68. The molecule has 2 aliphatic heterocycles. The van der Waals surface area contributed by atoms with Gasteiger partial charge in [-0.1, -0.05) is 55.4 Å². The van der Waals surface area contributed by atoms with Gasteiger partial charge >= 0.3 is 12.1 Å². The number of Topliss-reactive ketones (excluding diaryl/α,β-unsaturated/α-hetero) is 2. The first-order valence-corrected chi connectivity index (χ1v) is 23.9. The monoisotopic (exact) mass is 708 g/mol. The average Bonchev–Trinajstić information content (AvgIpc) is 3.36. The van der Waals surface area contributed by atoms with Gasteiger partial charge in [0.1, 0.15) is 11.7 Å². The number of thioether (sulfide) groups is 1. The third-order valence-electron chi connectivity index (χ3n) is 13.5. The maximum atomic E-state index is 16.0. The summed E-state index contributed by atoms with van der Waals surface area (Å²) < 4.78 is 33.6. The maximum absolute atomic E-state index is 16.0. The molecule has 2 bridgehead atoms. The summed E-state index contributed by atoms with van der Waals surface area (Å²) >= 11 is 1.69. The molecule has 0 aromatic rings. The molecule has 0 amide bonds. The van der Waals surface area contributed by atoms with Crippen molar-refractivity contribution in [1.29, 1.82) is 0 Å². The zero-order valence-electron chi connectivity index (χ0n) is 30.3. The highest BCUT2D eigenvalue weighted by molar-refractivity contribution is 8.01. The van der Waals surface area contributed by atoms with Gasteiger partial charge in [0.25, 0.3) is 0 Å². The van der Waals surface area contributed by atoms with E-state index in [1.165, 1.54) is 6.92 Å². The predicted octanol–water partition coefficient (Wildman–Crippen LogP) is 7.38. The Labute approximate surface area is 287 Å². The van der Waals surface area contributed by atoms with Crippen LogP contribution in [0.4, 0.5) is 4.79 Å². The van der Waals surface area contributed by atoms with E-state index in [4.69, 9.17) is 23.1 Å². The van der Waals surface area contributed by atoms with Gasteiger partial charge in [-0.25, -0.2) is 4.79 Å². The first-order valence-electron chi connectivity index (χ1n) is 17.8. The van der Waals surface area contributed by atoms with E-state index in [0.717, 1.165) is 36.3 Å². The first kappa shape index (κ1) is 36.8. The molecule has 0 aromatic carbocycles. The van der Waals surface area contributed by atoms with Gasteiger partial charge in [0.05, 0.1) is 23.9 Å². The molecule has 5 aliphatic rings. The summed E-state index contributed by atoms with van der Waals surface area (Å²) in [7, 11) is -4.77. The van der Waals surface area contributed by atoms with E-state index < -0.39 is 75.0 Å². The van der Waals surface area contributed by atoms with Crippen LogP contribution in [0.2, 0.25) is 36.3 Å². The van der Waals surface area contributed by atoms with E-state index in [1.54, 1.807) is 18.7 Å². The second-order valence-corrected chi connectivity index (χ2v) is 26.0. The normalized spacial score (nSPS) is 37.9. The van der Waals surface area contributed by atoms with Gasteiger partial charge in [-0.15, -0.1) is 0 Å². The number of fused-ring (bicyclic) bond motifs is 5. The average molecular weight is 709 g/mol. The standard InChI is InChI=1S/C35H56O9SSi2/c1-12-46(13-2,14-3)43-24-18-25-34(20-45-25,41-22(8)36)28-30-35(42-31(39)40-30)19-23(37)21(7)26(32(35,9)10)27(29(38)33(24,28)11)44-47(15-4,16-5)17-6/h24-25,27-28,30H,12-20H2,1-11H3/t24-,25+,27+,28-,30-,33+,34-,35+/m0/s1. The van der Waals surface area contributed by atoms with E-state index in [0.29, 0.717) is 23.3 Å². The Bertz CT molecular complexity index is 1340. The topological polar surface area (TPSA) is 114 Å². The second-order valence-electron chi connectivity index (χ2n) is 15.3. The van der Waals surface area contributed by atoms with Gasteiger partial charge in [-0.3, -0.25) is 14.4 Å². The third kappa shape index (κ3) is 5.03. The molecular formula is C35H56O9SSi2. The molecule has 4 fully saturated rings. The number of ketones is 2. The molecule has 0 unspecified atom stereocenters. The van der Waals surface area contributed by atoms with Crippen molar-refractivity contribution in [3.05, 3.63) is 11.1 Å². The van der Waals surface area contributed by atoms with Gasteiger partial charge in [-0.2, -0.15) is 11.8 Å². The molecule has 0 radical (unpaired) electrons. The van der Waals surface area contributed by atoms with Crippen molar-refractivity contribution in [1.82, 2.24) is 0 Å². The van der Waals surface area contributed by atoms with Gasteiger partial charge in [0.2, 0.25) is 0 Å². The molecule has 0 aromatic heterocycles. The lowest BCUT2D eigenvalue weighted by Gasteiger charge is -2.67. The fourth-order valence-corrected chi connectivity index (χ4v) is 17.1. The zero-order chi connectivity index (χ0) is 35.0. The summed E-state index contributed by atoms with van der Waals surface area (Å²) in [6.07, 6.45) is -3.05. The molecule has 264 valence electrons. The minimum Gasteiger partial charge on any atom is -0.457 e. The Balaban J connectivity index is 1.88. The summed E-state index contributed by atoms with van der Waals surface area (Å²) in [5, 5.41) is -0.177. The number of rotatable bonds is 11. The Morgan fingerprint density at radius 2 is 1.47 bits per heavy atom. The van der Waals surface area contributed by atoms with E-state index in [9.17, 15) is 14.4 Å². The van der Waals surface area contributed by atoms with Crippen LogP contribution in [0.3, 0.4) is 0 Å². The van der Waals surface area contributed by atoms with Crippen LogP contribution in [-0.2, 0) is 37.4 Å². The van der Waals surface area contributed by atoms with Crippen molar-refractivity contribution in [2.24, 2.45) is 16.7 Å². The molecule has 0 N–H and O–H groups in total. The van der Waals surface area contributed by atoms with Crippen LogP contribution in [0, 0.1) is 16.7 Å². The predicted molar refractivity (Wildman–Crippen MR) is 186 cm³/mol. The highest BCUT2D eigenvalue weighted by Gasteiger charge is 2.80. The van der Waals surface area contributed by atoms with E-state index >= 15 is 4.79 Å². The molecule has 2 saturated carbocycles. The highest BCUT2D eigenvalue weighted by atomic mass is 32.2. The summed E-state index contributed by atoms with van der Waals surface area (Å²) in [6, 6.07) is 5.12. The number of hydrogen-bond acceptors (Lipinski definition) is 10. The molecule has 12 heteroatoms. The van der Waals surface area contributed by atoms with Crippen molar-refractivity contribution in [2.45, 2.75) is 160 Å². The van der Waals surface area contributed by atoms with Crippen molar-refractivity contribution < 1.29 is 42.2 Å². The van der Waals surface area contributed by atoms with Gasteiger partial charge in [0, 0.05) is 23.3 Å². The van der Waals surface area contributed by atoms with Gasteiger partial charge < -0.3 is 23.1 Å². The second kappa shape index (κ2) is 12.4. The molecule has 8 atom stereocenters. The molecule has 5 rings (SSSR count). The van der Waals surface area contributed by atoms with Gasteiger partial charge in [0.15, 0.2) is 39.9 Å². The Morgan fingerprint density at radius 3 is 1.96 bits per heavy atom. The van der Waals surface area contributed by atoms with Crippen molar-refractivity contribution in [3.8, 4) is 0 Å². The summed E-state index contributed by atoms with van der Waals surface area (Å²) in [5.74, 6) is -1.19. The number of ether oxygens (including phenoxy) is 3. The van der Waals surface area contributed by atoms with Crippen LogP contribution < -0.4 is 0 Å². The smallest absolute Gasteiger partial charge is 0.457 e. The molecule has 1 spiro atoms.